The summed E-state index contributed by atoms with van der Waals surface area (Å²) in [5.74, 6) is -2.96. The Morgan fingerprint density at radius 3 is 2.61 bits per heavy atom. The predicted molar refractivity (Wildman–Crippen MR) is 132 cm³/mol. The molecule has 1 saturated heterocycles. The van der Waals surface area contributed by atoms with Gasteiger partial charge in [-0.1, -0.05) is 18.2 Å². The number of nitriles is 1. The van der Waals surface area contributed by atoms with Gasteiger partial charge in [0.1, 0.15) is 17.5 Å². The minimum atomic E-state index is -2.93. The van der Waals surface area contributed by atoms with E-state index in [2.05, 4.69) is 21.4 Å². The van der Waals surface area contributed by atoms with Crippen molar-refractivity contribution in [2.24, 2.45) is 0 Å². The van der Waals surface area contributed by atoms with Gasteiger partial charge < -0.3 is 5.32 Å². The lowest BCUT2D eigenvalue weighted by Gasteiger charge is -2.20. The molecule has 200 valence electrons. The third-order valence-electron chi connectivity index (χ3n) is 7.50. The highest BCUT2D eigenvalue weighted by Crippen LogP contribution is 2.49. The zero-order valence-electron chi connectivity index (χ0n) is 21.0. The van der Waals surface area contributed by atoms with Crippen LogP contribution in [0.2, 0.25) is 0 Å². The molecule has 3 heterocycles. The maximum Gasteiger partial charge on any atom is 0.266 e. The first kappa shape index (κ1) is 26.2. The van der Waals surface area contributed by atoms with Gasteiger partial charge >= 0.3 is 0 Å². The summed E-state index contributed by atoms with van der Waals surface area (Å²) < 4.78 is 68.6. The number of likely N-dealkylation sites (tertiary alicyclic amines) is 1. The molecule has 2 aliphatic rings. The van der Waals surface area contributed by atoms with Crippen molar-refractivity contribution in [1.29, 1.82) is 5.26 Å². The Hall–Kier alpha value is -3.39. The van der Waals surface area contributed by atoms with Crippen molar-refractivity contribution in [2.45, 2.75) is 69.4 Å². The Kier molecular flexibility index (Phi) is 6.71. The molecular weight excluding hydrogens is 503 g/mol. The second kappa shape index (κ2) is 9.73. The van der Waals surface area contributed by atoms with Gasteiger partial charge in [0.2, 0.25) is 0 Å². The van der Waals surface area contributed by atoms with Crippen molar-refractivity contribution in [3.05, 3.63) is 58.3 Å². The molecule has 2 fully saturated rings. The van der Waals surface area contributed by atoms with Crippen LogP contribution >= 0.6 is 0 Å². The Morgan fingerprint density at radius 1 is 1.21 bits per heavy atom. The lowest BCUT2D eigenvalue weighted by atomic mass is 9.92. The van der Waals surface area contributed by atoms with E-state index >= 15 is 0 Å². The van der Waals surface area contributed by atoms with Gasteiger partial charge in [0.15, 0.2) is 5.65 Å². The molecule has 1 aliphatic heterocycles. The van der Waals surface area contributed by atoms with Crippen LogP contribution in [0.5, 0.6) is 0 Å². The van der Waals surface area contributed by atoms with E-state index in [0.717, 1.165) is 11.6 Å². The zero-order valence-corrected chi connectivity index (χ0v) is 21.0. The number of nitrogens with zero attached hydrogens (tertiary/aromatic N) is 5. The molecule has 1 N–H and O–H groups in total. The zero-order chi connectivity index (χ0) is 27.2. The number of rotatable bonds is 8. The summed E-state index contributed by atoms with van der Waals surface area (Å²) in [7, 11) is 1.69. The summed E-state index contributed by atoms with van der Waals surface area (Å²) in [4.78, 5) is 15.3. The van der Waals surface area contributed by atoms with Crippen LogP contribution in [0.3, 0.4) is 0 Å². The van der Waals surface area contributed by atoms with Crippen molar-refractivity contribution in [2.75, 3.05) is 18.9 Å². The van der Waals surface area contributed by atoms with Crippen LogP contribution in [0.1, 0.15) is 60.3 Å². The molecule has 11 heteroatoms. The van der Waals surface area contributed by atoms with Crippen molar-refractivity contribution in [3.63, 3.8) is 0 Å². The van der Waals surface area contributed by atoms with Gasteiger partial charge in [-0.3, -0.25) is 4.90 Å². The number of aryl methyl sites for hydroxylation is 2. The smallest absolute Gasteiger partial charge is 0.266 e. The monoisotopic (exact) mass is 530 g/mol. The topological polar surface area (TPSA) is 77.7 Å². The van der Waals surface area contributed by atoms with Crippen LogP contribution in [-0.4, -0.2) is 45.4 Å². The van der Waals surface area contributed by atoms with E-state index in [1.54, 1.807) is 18.9 Å². The minimum absolute atomic E-state index is 0.0604. The number of fused-ring (bicyclic) bond motifs is 1. The van der Waals surface area contributed by atoms with E-state index in [-0.39, 0.29) is 31.1 Å². The standard InChI is InChI=1S/C27H27F5N6/c1-15-35-24(34-12-16-4-3-5-18(22(16)28)23(29)30)19-10-20(26(13-33)8-9-26)21(37-25(19)36-15)7-6-17-11-27(31,32)14-38(17)2/h3-5,10,17,23H,6-9,11-12,14H2,1-2H3,(H,34,35,36,37). The van der Waals surface area contributed by atoms with Gasteiger partial charge in [-0.05, 0) is 51.3 Å². The number of anilines is 1. The molecule has 1 saturated carbocycles. The van der Waals surface area contributed by atoms with Gasteiger partial charge in [0, 0.05) is 30.3 Å². The largest absolute Gasteiger partial charge is 0.365 e. The average Bonchev–Trinajstić information content (AvgIpc) is 3.60. The summed E-state index contributed by atoms with van der Waals surface area (Å²) in [5, 5.41) is 13.5. The van der Waals surface area contributed by atoms with Crippen molar-refractivity contribution >= 4 is 16.9 Å². The van der Waals surface area contributed by atoms with E-state index in [1.807, 2.05) is 6.07 Å². The van der Waals surface area contributed by atoms with Gasteiger partial charge in [0.05, 0.1) is 29.0 Å². The van der Waals surface area contributed by atoms with Crippen LogP contribution in [0.25, 0.3) is 11.0 Å². The van der Waals surface area contributed by atoms with Gasteiger partial charge in [-0.25, -0.2) is 36.9 Å². The van der Waals surface area contributed by atoms with E-state index in [4.69, 9.17) is 4.98 Å². The summed E-state index contributed by atoms with van der Waals surface area (Å²) >= 11 is 0. The molecular formula is C27H27F5N6. The van der Waals surface area contributed by atoms with Crippen molar-refractivity contribution in [1.82, 2.24) is 19.9 Å². The number of nitrogens with one attached hydrogen (secondary N) is 1. The molecule has 0 amide bonds. The van der Waals surface area contributed by atoms with Crippen molar-refractivity contribution in [3.8, 4) is 6.07 Å². The molecule has 1 aromatic carbocycles. The second-order valence-corrected chi connectivity index (χ2v) is 10.3. The number of alkyl halides is 4. The number of aromatic nitrogens is 3. The molecule has 3 aromatic rings. The van der Waals surface area contributed by atoms with E-state index in [1.165, 1.54) is 12.1 Å². The molecule has 5 rings (SSSR count). The number of pyridine rings is 1. The summed E-state index contributed by atoms with van der Waals surface area (Å²) in [5.41, 5.74) is 0.421. The fraction of sp³-hybridized carbons (Fsp3) is 0.481. The second-order valence-electron chi connectivity index (χ2n) is 10.3. The normalized spacial score (nSPS) is 20.1. The molecule has 0 bridgehead atoms. The third kappa shape index (κ3) is 5.01. The van der Waals surface area contributed by atoms with Crippen molar-refractivity contribution < 1.29 is 22.0 Å². The first-order valence-electron chi connectivity index (χ1n) is 12.5. The van der Waals surface area contributed by atoms with Crippen LogP contribution in [-0.2, 0) is 18.4 Å². The SMILES string of the molecule is Cc1nc(NCc2cccc(C(F)F)c2F)c2cc(C3(C#N)CC3)c(CCC3CC(F)(F)CN3C)nc2n1. The van der Waals surface area contributed by atoms with Crippen LogP contribution in [0.15, 0.2) is 24.3 Å². The lowest BCUT2D eigenvalue weighted by Crippen LogP contribution is -2.26. The summed E-state index contributed by atoms with van der Waals surface area (Å²) in [6.07, 6.45) is -0.948. The highest BCUT2D eigenvalue weighted by Gasteiger charge is 2.47. The number of hydrogen-bond donors (Lipinski definition) is 1. The van der Waals surface area contributed by atoms with Crippen LogP contribution < -0.4 is 5.32 Å². The number of hydrogen-bond acceptors (Lipinski definition) is 6. The Labute approximate surface area is 216 Å². The Morgan fingerprint density at radius 2 is 1.97 bits per heavy atom. The van der Waals surface area contributed by atoms with E-state index < -0.39 is 29.1 Å². The first-order valence-corrected chi connectivity index (χ1v) is 12.5. The molecule has 2 aromatic heterocycles. The molecule has 0 spiro atoms. The minimum Gasteiger partial charge on any atom is -0.365 e. The molecule has 1 atom stereocenters. The third-order valence-corrected chi connectivity index (χ3v) is 7.50. The van der Waals surface area contributed by atoms with E-state index in [0.29, 0.717) is 54.1 Å². The Balaban J connectivity index is 1.48. The molecule has 6 nitrogen and oxygen atoms in total. The molecule has 38 heavy (non-hydrogen) atoms. The number of benzene rings is 1. The Bertz CT molecular complexity index is 1420. The highest BCUT2D eigenvalue weighted by atomic mass is 19.3. The van der Waals surface area contributed by atoms with Gasteiger partial charge in [0.25, 0.3) is 12.3 Å². The fourth-order valence-corrected chi connectivity index (χ4v) is 5.27. The maximum absolute atomic E-state index is 14.6. The predicted octanol–water partition coefficient (Wildman–Crippen LogP) is 5.85. The average molecular weight is 531 g/mol. The molecule has 1 aliphatic carbocycles. The number of halogens is 5. The van der Waals surface area contributed by atoms with Gasteiger partial charge in [-0.2, -0.15) is 5.26 Å². The van der Waals surface area contributed by atoms with E-state index in [9.17, 15) is 27.2 Å². The lowest BCUT2D eigenvalue weighted by molar-refractivity contribution is 0.0140. The van der Waals surface area contributed by atoms with Crippen LogP contribution in [0.4, 0.5) is 27.8 Å². The van der Waals surface area contributed by atoms with Gasteiger partial charge in [-0.15, -0.1) is 0 Å². The molecule has 1 unspecified atom stereocenters. The maximum atomic E-state index is 14.6. The first-order chi connectivity index (χ1) is 18.0. The quantitative estimate of drug-likeness (QED) is 0.368. The molecule has 0 radical (unpaired) electrons. The summed E-state index contributed by atoms with van der Waals surface area (Å²) in [6, 6.07) is 7.75. The highest BCUT2D eigenvalue weighted by molar-refractivity contribution is 5.87. The summed E-state index contributed by atoms with van der Waals surface area (Å²) in [6.45, 7) is 1.30. The fourth-order valence-electron chi connectivity index (χ4n) is 5.27. The van der Waals surface area contributed by atoms with Crippen LogP contribution in [0, 0.1) is 24.1 Å².